The number of esters is 1. The van der Waals surface area contributed by atoms with Gasteiger partial charge in [0, 0.05) is 17.8 Å². The molecule has 1 aliphatic carbocycles. The molecule has 1 heterocycles. The van der Waals surface area contributed by atoms with E-state index in [2.05, 4.69) is 16.9 Å². The first-order valence-electron chi connectivity index (χ1n) is 5.89. The highest BCUT2D eigenvalue weighted by Gasteiger charge is 2.54. The van der Waals surface area contributed by atoms with Crippen molar-refractivity contribution in [3.05, 3.63) is 24.3 Å². The molecule has 0 aliphatic heterocycles. The molecule has 1 aliphatic rings. The molecule has 0 bridgehead atoms. The first-order valence-corrected chi connectivity index (χ1v) is 5.89. The lowest BCUT2D eigenvalue weighted by Gasteiger charge is -2.19. The van der Waals surface area contributed by atoms with Crippen molar-refractivity contribution in [3.8, 4) is 0 Å². The van der Waals surface area contributed by atoms with E-state index < -0.39 is 5.60 Å². The van der Waals surface area contributed by atoms with Gasteiger partial charge in [0.05, 0.1) is 5.92 Å². The molecule has 0 saturated heterocycles. The second kappa shape index (κ2) is 4.09. The molecule has 1 saturated carbocycles. The molecular formula is C13H18N2O2. The van der Waals surface area contributed by atoms with Crippen molar-refractivity contribution in [1.29, 1.82) is 0 Å². The Bertz CT molecular complexity index is 411. The van der Waals surface area contributed by atoms with E-state index in [1.807, 2.05) is 26.8 Å². The van der Waals surface area contributed by atoms with E-state index in [4.69, 9.17) is 4.74 Å². The fourth-order valence-electron chi connectivity index (χ4n) is 2.15. The van der Waals surface area contributed by atoms with Gasteiger partial charge < -0.3 is 4.74 Å². The number of rotatable bonds is 2. The first kappa shape index (κ1) is 12.0. The van der Waals surface area contributed by atoms with Crippen LogP contribution in [0.2, 0.25) is 0 Å². The van der Waals surface area contributed by atoms with E-state index in [0.717, 1.165) is 5.69 Å². The van der Waals surface area contributed by atoms with Crippen molar-refractivity contribution in [3.63, 3.8) is 0 Å². The summed E-state index contributed by atoms with van der Waals surface area (Å²) in [7, 11) is 0. The van der Waals surface area contributed by atoms with Gasteiger partial charge in [-0.05, 0) is 32.8 Å². The second-order valence-corrected chi connectivity index (χ2v) is 5.58. The summed E-state index contributed by atoms with van der Waals surface area (Å²) < 4.78 is 5.40. The van der Waals surface area contributed by atoms with E-state index in [-0.39, 0.29) is 17.8 Å². The third kappa shape index (κ3) is 2.62. The topological polar surface area (TPSA) is 52.1 Å². The number of carbonyl (C=O) groups is 1. The number of nitrogens with zero attached hydrogens (tertiary/aromatic N) is 2. The molecule has 0 N–H and O–H groups in total. The summed E-state index contributed by atoms with van der Waals surface area (Å²) in [6.07, 6.45) is 3.23. The number of hydrogen-bond donors (Lipinski definition) is 0. The van der Waals surface area contributed by atoms with Crippen LogP contribution < -0.4 is 0 Å². The van der Waals surface area contributed by atoms with Crippen molar-refractivity contribution in [2.45, 2.75) is 39.2 Å². The number of ether oxygens (including phenoxy) is 1. The quantitative estimate of drug-likeness (QED) is 0.736. The molecule has 1 aromatic heterocycles. The van der Waals surface area contributed by atoms with Crippen molar-refractivity contribution < 1.29 is 9.53 Å². The molecule has 92 valence electrons. The maximum atomic E-state index is 11.9. The van der Waals surface area contributed by atoms with E-state index in [1.165, 1.54) is 6.33 Å². The lowest BCUT2D eigenvalue weighted by molar-refractivity contribution is -0.156. The summed E-state index contributed by atoms with van der Waals surface area (Å²) in [5, 5.41) is 0. The second-order valence-electron chi connectivity index (χ2n) is 5.58. The van der Waals surface area contributed by atoms with Crippen LogP contribution in [-0.2, 0) is 9.53 Å². The Morgan fingerprint density at radius 2 is 2.12 bits per heavy atom. The fraction of sp³-hybridized carbons (Fsp3) is 0.615. The number of aromatic nitrogens is 2. The predicted molar refractivity (Wildman–Crippen MR) is 63.3 cm³/mol. The average molecular weight is 234 g/mol. The lowest BCUT2D eigenvalue weighted by atomic mass is 10.2. The largest absolute Gasteiger partial charge is 0.460 e. The van der Waals surface area contributed by atoms with Crippen LogP contribution in [0.3, 0.4) is 0 Å². The molecule has 4 heteroatoms. The van der Waals surface area contributed by atoms with Crippen molar-refractivity contribution in [1.82, 2.24) is 9.97 Å². The van der Waals surface area contributed by atoms with Crippen LogP contribution >= 0.6 is 0 Å². The summed E-state index contributed by atoms with van der Waals surface area (Å²) in [5.41, 5.74) is 0.513. The number of carbonyl (C=O) groups excluding carboxylic acids is 1. The normalized spacial score (nSPS) is 27.6. The highest BCUT2D eigenvalue weighted by molar-refractivity contribution is 5.78. The third-order valence-electron chi connectivity index (χ3n) is 3.00. The van der Waals surface area contributed by atoms with Gasteiger partial charge in [-0.15, -0.1) is 0 Å². The van der Waals surface area contributed by atoms with Gasteiger partial charge >= 0.3 is 5.97 Å². The maximum absolute atomic E-state index is 11.9. The van der Waals surface area contributed by atoms with Gasteiger partial charge in [-0.25, -0.2) is 9.97 Å². The summed E-state index contributed by atoms with van der Waals surface area (Å²) >= 11 is 0. The summed E-state index contributed by atoms with van der Waals surface area (Å²) in [5.74, 6) is 0.324. The molecule has 2 rings (SSSR count). The molecule has 17 heavy (non-hydrogen) atoms. The van der Waals surface area contributed by atoms with Crippen LogP contribution in [0.25, 0.3) is 0 Å². The van der Waals surface area contributed by atoms with Gasteiger partial charge in [0.15, 0.2) is 0 Å². The molecule has 1 aromatic rings. The van der Waals surface area contributed by atoms with Crippen LogP contribution in [0.15, 0.2) is 18.6 Å². The van der Waals surface area contributed by atoms with Crippen LogP contribution in [-0.4, -0.2) is 21.5 Å². The maximum Gasteiger partial charge on any atom is 0.310 e. The first-order chi connectivity index (χ1) is 7.90. The standard InChI is InChI=1S/C13H18N2O2/c1-8-10(9-5-6-14-7-15-9)11(8)12(16)17-13(2,3)4/h5-8,10-11H,1-4H3/t8-,10-,11+/m0/s1. The zero-order valence-electron chi connectivity index (χ0n) is 10.7. The van der Waals surface area contributed by atoms with Crippen LogP contribution in [0, 0.1) is 11.8 Å². The Labute approximate surface area is 101 Å². The van der Waals surface area contributed by atoms with Gasteiger partial charge in [-0.3, -0.25) is 4.79 Å². The van der Waals surface area contributed by atoms with E-state index in [0.29, 0.717) is 5.92 Å². The van der Waals surface area contributed by atoms with Gasteiger partial charge in [-0.2, -0.15) is 0 Å². The third-order valence-corrected chi connectivity index (χ3v) is 3.00. The molecular weight excluding hydrogens is 216 g/mol. The Hall–Kier alpha value is -1.45. The SMILES string of the molecule is C[C@@H]1[C@@H](C(=O)OC(C)(C)C)[C@@H]1c1ccncn1. The summed E-state index contributed by atoms with van der Waals surface area (Å²) in [4.78, 5) is 20.0. The average Bonchev–Trinajstić information content (AvgIpc) is 2.89. The van der Waals surface area contributed by atoms with E-state index in [9.17, 15) is 4.79 Å². The van der Waals surface area contributed by atoms with Gasteiger partial charge in [-0.1, -0.05) is 6.92 Å². The van der Waals surface area contributed by atoms with Crippen LogP contribution in [0.4, 0.5) is 0 Å². The highest BCUT2D eigenvalue weighted by Crippen LogP contribution is 2.53. The van der Waals surface area contributed by atoms with Gasteiger partial charge in [0.1, 0.15) is 11.9 Å². The Morgan fingerprint density at radius 1 is 1.41 bits per heavy atom. The Balaban J connectivity index is 2.04. The molecule has 3 atom stereocenters. The molecule has 1 fully saturated rings. The number of hydrogen-bond acceptors (Lipinski definition) is 4. The Morgan fingerprint density at radius 3 is 2.65 bits per heavy atom. The lowest BCUT2D eigenvalue weighted by Crippen LogP contribution is -2.25. The summed E-state index contributed by atoms with van der Waals surface area (Å²) in [6.45, 7) is 7.72. The zero-order chi connectivity index (χ0) is 12.6. The van der Waals surface area contributed by atoms with Crippen molar-refractivity contribution in [2.24, 2.45) is 11.8 Å². The van der Waals surface area contributed by atoms with Crippen LogP contribution in [0.1, 0.15) is 39.3 Å². The molecule has 4 nitrogen and oxygen atoms in total. The molecule has 0 spiro atoms. The minimum Gasteiger partial charge on any atom is -0.460 e. The molecule has 0 radical (unpaired) electrons. The highest BCUT2D eigenvalue weighted by atomic mass is 16.6. The van der Waals surface area contributed by atoms with Crippen molar-refractivity contribution >= 4 is 5.97 Å². The minimum atomic E-state index is -0.421. The van der Waals surface area contributed by atoms with Gasteiger partial charge in [0.2, 0.25) is 0 Å². The smallest absolute Gasteiger partial charge is 0.310 e. The Kier molecular flexibility index (Phi) is 2.89. The molecule has 0 unspecified atom stereocenters. The minimum absolute atomic E-state index is 0.0517. The van der Waals surface area contributed by atoms with Crippen LogP contribution in [0.5, 0.6) is 0 Å². The molecule has 0 amide bonds. The van der Waals surface area contributed by atoms with E-state index in [1.54, 1.807) is 6.20 Å². The van der Waals surface area contributed by atoms with E-state index >= 15 is 0 Å². The zero-order valence-corrected chi connectivity index (χ0v) is 10.7. The molecule has 0 aromatic carbocycles. The van der Waals surface area contributed by atoms with Crippen molar-refractivity contribution in [2.75, 3.05) is 0 Å². The summed E-state index contributed by atoms with van der Waals surface area (Å²) in [6, 6.07) is 1.87. The monoisotopic (exact) mass is 234 g/mol. The van der Waals surface area contributed by atoms with Gasteiger partial charge in [0.25, 0.3) is 0 Å². The predicted octanol–water partition coefficient (Wildman–Crippen LogP) is 2.17. The fourth-order valence-corrected chi connectivity index (χ4v) is 2.15.